The van der Waals surface area contributed by atoms with E-state index in [0.717, 1.165) is 37.0 Å². The number of benzene rings is 3. The van der Waals surface area contributed by atoms with Gasteiger partial charge in [-0.1, -0.05) is 0 Å². The van der Waals surface area contributed by atoms with Crippen LogP contribution in [0.5, 0.6) is 17.2 Å². The van der Waals surface area contributed by atoms with Crippen LogP contribution >= 0.6 is 0 Å². The topological polar surface area (TPSA) is 110 Å². The lowest BCUT2D eigenvalue weighted by Crippen LogP contribution is -2.07. The van der Waals surface area contributed by atoms with E-state index >= 15 is 0 Å². The predicted molar refractivity (Wildman–Crippen MR) is 144 cm³/mol. The number of fused-ring (bicyclic) bond motifs is 1. The van der Waals surface area contributed by atoms with Crippen molar-refractivity contribution >= 4 is 22.3 Å². The van der Waals surface area contributed by atoms with Crippen LogP contribution in [0.1, 0.15) is 31.2 Å². The Balaban J connectivity index is 1.24. The third-order valence-corrected chi connectivity index (χ3v) is 6.04. The molecule has 0 saturated carbocycles. The maximum atomic E-state index is 12.9. The fraction of sp³-hybridized carbons (Fsp3) is 0.276. The molecule has 0 amide bonds. The fourth-order valence-corrected chi connectivity index (χ4v) is 3.98. The number of rotatable bonds is 11. The molecular weight excluding hydrogens is 456 g/mol. The lowest BCUT2D eigenvalue weighted by atomic mass is 10.1. The Bertz CT molecular complexity index is 1380. The van der Waals surface area contributed by atoms with Gasteiger partial charge in [-0.2, -0.15) is 0 Å². The lowest BCUT2D eigenvalue weighted by molar-refractivity contribution is 0.288. The number of hydrogen-bond acceptors (Lipinski definition) is 7. The van der Waals surface area contributed by atoms with Crippen molar-refractivity contribution in [3.05, 3.63) is 76.5 Å². The number of anilines is 2. The highest BCUT2D eigenvalue weighted by molar-refractivity contribution is 5.81. The molecule has 0 aliphatic heterocycles. The van der Waals surface area contributed by atoms with Crippen LogP contribution in [0.3, 0.4) is 0 Å². The van der Waals surface area contributed by atoms with Gasteiger partial charge in [-0.05, 0) is 87.2 Å². The summed E-state index contributed by atoms with van der Waals surface area (Å²) in [5.41, 5.74) is 14.8. The minimum Gasteiger partial charge on any atom is -0.497 e. The molecule has 3 aromatic carbocycles. The second-order valence-corrected chi connectivity index (χ2v) is 8.68. The first-order valence-electron chi connectivity index (χ1n) is 12.1. The zero-order valence-electron chi connectivity index (χ0n) is 20.7. The number of hydrogen-bond donors (Lipinski definition) is 2. The molecule has 0 spiro atoms. The van der Waals surface area contributed by atoms with E-state index in [4.69, 9.17) is 30.1 Å². The van der Waals surface area contributed by atoms with Crippen molar-refractivity contribution in [2.45, 2.75) is 32.6 Å². The Morgan fingerprint density at radius 2 is 1.50 bits per heavy atom. The van der Waals surface area contributed by atoms with Crippen LogP contribution in [0.4, 0.5) is 11.4 Å². The zero-order valence-corrected chi connectivity index (χ0v) is 20.7. The molecule has 36 heavy (non-hydrogen) atoms. The summed E-state index contributed by atoms with van der Waals surface area (Å²) in [6.07, 6.45) is 3.97. The molecule has 1 aromatic heterocycles. The zero-order chi connectivity index (χ0) is 25.5. The van der Waals surface area contributed by atoms with Crippen LogP contribution in [-0.4, -0.2) is 20.3 Å². The Hall–Kier alpha value is -4.13. The summed E-state index contributed by atoms with van der Waals surface area (Å²) >= 11 is 0. The first kappa shape index (κ1) is 25.0. The summed E-state index contributed by atoms with van der Waals surface area (Å²) in [6, 6.07) is 18.1. The van der Waals surface area contributed by atoms with E-state index in [0.29, 0.717) is 58.4 Å². The maximum Gasteiger partial charge on any atom is 0.196 e. The largest absolute Gasteiger partial charge is 0.497 e. The van der Waals surface area contributed by atoms with Crippen molar-refractivity contribution in [3.8, 4) is 28.6 Å². The summed E-state index contributed by atoms with van der Waals surface area (Å²) in [6.45, 7) is 3.02. The van der Waals surface area contributed by atoms with Gasteiger partial charge < -0.3 is 30.1 Å². The van der Waals surface area contributed by atoms with E-state index in [9.17, 15) is 4.79 Å². The molecule has 188 valence electrons. The van der Waals surface area contributed by atoms with E-state index in [1.165, 1.54) is 0 Å². The minimum atomic E-state index is -0.0627. The molecule has 7 nitrogen and oxygen atoms in total. The van der Waals surface area contributed by atoms with E-state index < -0.39 is 0 Å². The molecule has 7 heteroatoms. The van der Waals surface area contributed by atoms with Crippen molar-refractivity contribution in [1.82, 2.24) is 0 Å². The SMILES string of the molecule is COc1ccc2oc(-c3ccc(OCCCCCCOc4cc(N)ccc4N)cc3)c(C)c(=O)c2c1. The van der Waals surface area contributed by atoms with Crippen LogP contribution in [0.25, 0.3) is 22.3 Å². The van der Waals surface area contributed by atoms with E-state index in [-0.39, 0.29) is 5.43 Å². The van der Waals surface area contributed by atoms with Gasteiger partial charge in [-0.3, -0.25) is 4.79 Å². The smallest absolute Gasteiger partial charge is 0.196 e. The average molecular weight is 489 g/mol. The van der Waals surface area contributed by atoms with Crippen LogP contribution in [-0.2, 0) is 0 Å². The first-order chi connectivity index (χ1) is 17.5. The molecule has 4 aromatic rings. The first-order valence-corrected chi connectivity index (χ1v) is 12.1. The van der Waals surface area contributed by atoms with Crippen molar-refractivity contribution in [2.75, 3.05) is 31.8 Å². The molecule has 1 heterocycles. The van der Waals surface area contributed by atoms with Crippen LogP contribution in [0, 0.1) is 6.92 Å². The molecule has 4 rings (SSSR count). The number of ether oxygens (including phenoxy) is 3. The van der Waals surface area contributed by atoms with E-state index in [1.807, 2.05) is 24.3 Å². The number of methoxy groups -OCH3 is 1. The van der Waals surface area contributed by atoms with Gasteiger partial charge in [0.15, 0.2) is 5.43 Å². The normalized spacial score (nSPS) is 10.9. The molecule has 4 N–H and O–H groups in total. The van der Waals surface area contributed by atoms with Crippen LogP contribution < -0.4 is 31.1 Å². The predicted octanol–water partition coefficient (Wildman–Crippen LogP) is 5.96. The maximum absolute atomic E-state index is 12.9. The quantitative estimate of drug-likeness (QED) is 0.198. The van der Waals surface area contributed by atoms with Crippen molar-refractivity contribution in [1.29, 1.82) is 0 Å². The minimum absolute atomic E-state index is 0.0627. The molecule has 0 bridgehead atoms. The van der Waals surface area contributed by atoms with Crippen molar-refractivity contribution in [3.63, 3.8) is 0 Å². The van der Waals surface area contributed by atoms with Gasteiger partial charge in [-0.25, -0.2) is 0 Å². The molecular formula is C29H32N2O5. The Labute approximate surface area is 210 Å². The van der Waals surface area contributed by atoms with Gasteiger partial charge in [0.05, 0.1) is 31.4 Å². The van der Waals surface area contributed by atoms with E-state index in [1.54, 1.807) is 50.4 Å². The third kappa shape index (κ3) is 5.92. The summed E-state index contributed by atoms with van der Waals surface area (Å²) in [7, 11) is 1.57. The Morgan fingerprint density at radius 1 is 0.806 bits per heavy atom. The third-order valence-electron chi connectivity index (χ3n) is 6.04. The number of nitrogens with two attached hydrogens (primary N) is 2. The fourth-order valence-electron chi connectivity index (χ4n) is 3.98. The highest BCUT2D eigenvalue weighted by Crippen LogP contribution is 2.29. The highest BCUT2D eigenvalue weighted by Gasteiger charge is 2.13. The summed E-state index contributed by atoms with van der Waals surface area (Å²) in [5, 5.41) is 0.510. The van der Waals surface area contributed by atoms with Crippen molar-refractivity contribution in [2.24, 2.45) is 0 Å². The molecule has 0 unspecified atom stereocenters. The Morgan fingerprint density at radius 3 is 2.22 bits per heavy atom. The molecule has 0 radical (unpaired) electrons. The van der Waals surface area contributed by atoms with Crippen LogP contribution in [0.2, 0.25) is 0 Å². The standard InChI is InChI=1S/C29H32N2O5/c1-19-28(32)24-18-23(33-2)12-14-26(24)36-29(19)20-7-10-22(11-8-20)34-15-5-3-4-6-16-35-27-17-21(30)9-13-25(27)31/h7-14,17-18H,3-6,15-16,30-31H2,1-2H3. The number of nitrogen functional groups attached to an aromatic ring is 2. The van der Waals surface area contributed by atoms with Crippen molar-refractivity contribution < 1.29 is 18.6 Å². The summed E-state index contributed by atoms with van der Waals surface area (Å²) in [5.74, 6) is 2.61. The van der Waals surface area contributed by atoms with Gasteiger partial charge in [0.25, 0.3) is 0 Å². The summed E-state index contributed by atoms with van der Waals surface area (Å²) < 4.78 is 22.9. The summed E-state index contributed by atoms with van der Waals surface area (Å²) in [4.78, 5) is 12.9. The highest BCUT2D eigenvalue weighted by atomic mass is 16.5. The molecule has 0 aliphatic rings. The molecule has 0 fully saturated rings. The van der Waals surface area contributed by atoms with Gasteiger partial charge in [0, 0.05) is 22.9 Å². The van der Waals surface area contributed by atoms with Gasteiger partial charge in [-0.15, -0.1) is 0 Å². The van der Waals surface area contributed by atoms with Gasteiger partial charge >= 0.3 is 0 Å². The van der Waals surface area contributed by atoms with Gasteiger partial charge in [0.1, 0.15) is 28.6 Å². The van der Waals surface area contributed by atoms with Gasteiger partial charge in [0.2, 0.25) is 0 Å². The number of unbranched alkanes of at least 4 members (excludes halogenated alkanes) is 3. The monoisotopic (exact) mass is 488 g/mol. The average Bonchev–Trinajstić information content (AvgIpc) is 2.90. The lowest BCUT2D eigenvalue weighted by Gasteiger charge is -2.10. The molecule has 0 saturated heterocycles. The Kier molecular flexibility index (Phi) is 8.00. The second kappa shape index (κ2) is 11.5. The molecule has 0 atom stereocenters. The van der Waals surface area contributed by atoms with Crippen LogP contribution in [0.15, 0.2) is 69.9 Å². The van der Waals surface area contributed by atoms with E-state index in [2.05, 4.69) is 0 Å². The molecule has 0 aliphatic carbocycles. The second-order valence-electron chi connectivity index (χ2n) is 8.68.